The first-order valence-electron chi connectivity index (χ1n) is 9.10. The maximum Gasteiger partial charge on any atom is 0.272 e. The topological polar surface area (TPSA) is 60.3 Å². The van der Waals surface area contributed by atoms with E-state index in [0.29, 0.717) is 22.2 Å². The van der Waals surface area contributed by atoms with E-state index in [-0.39, 0.29) is 17.5 Å². The summed E-state index contributed by atoms with van der Waals surface area (Å²) in [6.07, 6.45) is 1.84. The van der Waals surface area contributed by atoms with Crippen molar-refractivity contribution in [2.24, 2.45) is 0 Å². The van der Waals surface area contributed by atoms with Gasteiger partial charge in [0.1, 0.15) is 11.4 Å². The number of hydrogen-bond donors (Lipinski definition) is 1. The van der Waals surface area contributed by atoms with Crippen LogP contribution in [0.15, 0.2) is 47.3 Å². The van der Waals surface area contributed by atoms with Gasteiger partial charge in [0, 0.05) is 17.1 Å². The van der Waals surface area contributed by atoms with E-state index in [9.17, 15) is 9.59 Å². The van der Waals surface area contributed by atoms with Crippen LogP contribution in [-0.2, 0) is 0 Å². The zero-order chi connectivity index (χ0) is 19.1. The normalized spacial score (nSPS) is 13.6. The van der Waals surface area contributed by atoms with Gasteiger partial charge in [0.2, 0.25) is 0 Å². The number of nitrogens with one attached hydrogen (secondary N) is 1. The lowest BCUT2D eigenvalue weighted by Gasteiger charge is -2.15. The summed E-state index contributed by atoms with van der Waals surface area (Å²) in [5.74, 6) is 0.391. The highest BCUT2D eigenvalue weighted by Crippen LogP contribution is 2.35. The van der Waals surface area contributed by atoms with Crippen molar-refractivity contribution >= 4 is 22.4 Å². The van der Waals surface area contributed by atoms with Crippen LogP contribution in [0.25, 0.3) is 10.8 Å². The van der Waals surface area contributed by atoms with Crippen molar-refractivity contribution in [3.63, 3.8) is 0 Å². The van der Waals surface area contributed by atoms with E-state index in [1.807, 2.05) is 32.0 Å². The summed E-state index contributed by atoms with van der Waals surface area (Å²) in [5, 5.41) is 4.28. The maximum absolute atomic E-state index is 13.1. The van der Waals surface area contributed by atoms with Gasteiger partial charge in [-0.25, -0.2) is 0 Å². The van der Waals surface area contributed by atoms with Crippen LogP contribution in [0.4, 0.5) is 5.69 Å². The molecule has 0 bridgehead atoms. The Morgan fingerprint density at radius 2 is 1.89 bits per heavy atom. The van der Waals surface area contributed by atoms with Gasteiger partial charge in [-0.3, -0.25) is 9.59 Å². The Bertz CT molecular complexity index is 1110. The number of anilines is 1. The number of benzene rings is 2. The minimum atomic E-state index is -0.268. The van der Waals surface area contributed by atoms with E-state index in [2.05, 4.69) is 5.32 Å². The van der Waals surface area contributed by atoms with Crippen molar-refractivity contribution < 1.29 is 9.53 Å². The van der Waals surface area contributed by atoms with Gasteiger partial charge in [0.25, 0.3) is 11.5 Å². The minimum Gasteiger partial charge on any atom is -0.497 e. The smallest absolute Gasteiger partial charge is 0.272 e. The Morgan fingerprint density at radius 3 is 2.56 bits per heavy atom. The number of hydrogen-bond acceptors (Lipinski definition) is 3. The van der Waals surface area contributed by atoms with E-state index in [1.54, 1.807) is 35.9 Å². The van der Waals surface area contributed by atoms with Gasteiger partial charge in [-0.1, -0.05) is 17.7 Å². The molecule has 2 aromatic carbocycles. The molecule has 0 saturated heterocycles. The average molecular weight is 362 g/mol. The number of ether oxygens (including phenoxy) is 1. The molecule has 5 heteroatoms. The van der Waals surface area contributed by atoms with E-state index < -0.39 is 0 Å². The van der Waals surface area contributed by atoms with Crippen molar-refractivity contribution in [1.29, 1.82) is 0 Å². The average Bonchev–Trinajstić information content (AvgIpc) is 3.48. The third-order valence-electron chi connectivity index (χ3n) is 5.03. The number of fused-ring (bicyclic) bond motifs is 1. The third-order valence-corrected chi connectivity index (χ3v) is 5.03. The quantitative estimate of drug-likeness (QED) is 0.756. The van der Waals surface area contributed by atoms with Crippen LogP contribution in [0.2, 0.25) is 0 Å². The molecule has 3 aromatic rings. The molecule has 1 aromatic heterocycles. The van der Waals surface area contributed by atoms with Crippen LogP contribution in [-0.4, -0.2) is 17.6 Å². The highest BCUT2D eigenvalue weighted by molar-refractivity contribution is 6.05. The van der Waals surface area contributed by atoms with Crippen LogP contribution in [0.3, 0.4) is 0 Å². The van der Waals surface area contributed by atoms with Crippen molar-refractivity contribution in [3.8, 4) is 5.75 Å². The maximum atomic E-state index is 13.1. The molecular formula is C22H22N2O3. The molecule has 5 nitrogen and oxygen atoms in total. The van der Waals surface area contributed by atoms with Gasteiger partial charge < -0.3 is 14.6 Å². The van der Waals surface area contributed by atoms with Gasteiger partial charge in [-0.15, -0.1) is 0 Å². The summed E-state index contributed by atoms with van der Waals surface area (Å²) >= 11 is 0. The van der Waals surface area contributed by atoms with E-state index in [4.69, 9.17) is 4.74 Å². The minimum absolute atomic E-state index is 0.101. The predicted octanol–water partition coefficient (Wildman–Crippen LogP) is 4.21. The summed E-state index contributed by atoms with van der Waals surface area (Å²) < 4.78 is 6.91. The number of methoxy groups -OCH3 is 1. The van der Waals surface area contributed by atoms with Crippen molar-refractivity contribution in [3.05, 3.63) is 69.6 Å². The first-order valence-corrected chi connectivity index (χ1v) is 9.10. The fourth-order valence-electron chi connectivity index (χ4n) is 3.45. The van der Waals surface area contributed by atoms with E-state index in [0.717, 1.165) is 29.7 Å². The summed E-state index contributed by atoms with van der Waals surface area (Å²) in [7, 11) is 1.58. The zero-order valence-corrected chi connectivity index (χ0v) is 15.7. The van der Waals surface area contributed by atoms with E-state index in [1.165, 1.54) is 0 Å². The zero-order valence-electron chi connectivity index (χ0n) is 15.7. The Morgan fingerprint density at radius 1 is 1.11 bits per heavy atom. The molecule has 0 spiro atoms. The number of nitrogens with zero attached hydrogens (tertiary/aromatic N) is 1. The molecule has 0 aliphatic heterocycles. The number of rotatable bonds is 4. The fraction of sp³-hybridized carbons (Fsp3) is 0.273. The fourth-order valence-corrected chi connectivity index (χ4v) is 3.45. The Balaban J connectivity index is 1.82. The molecular weight excluding hydrogens is 340 g/mol. The number of carbonyl (C=O) groups excluding carboxylic acids is 1. The molecule has 1 heterocycles. The first-order chi connectivity index (χ1) is 13.0. The molecule has 0 atom stereocenters. The third kappa shape index (κ3) is 3.21. The second kappa shape index (κ2) is 6.58. The number of aryl methyl sites for hydroxylation is 2. The second-order valence-corrected chi connectivity index (χ2v) is 7.16. The molecule has 1 aliphatic rings. The molecule has 1 saturated carbocycles. The Kier molecular flexibility index (Phi) is 4.22. The molecule has 27 heavy (non-hydrogen) atoms. The molecule has 0 radical (unpaired) electrons. The predicted molar refractivity (Wildman–Crippen MR) is 107 cm³/mol. The number of amides is 1. The largest absolute Gasteiger partial charge is 0.497 e. The second-order valence-electron chi connectivity index (χ2n) is 7.16. The van der Waals surface area contributed by atoms with Gasteiger partial charge >= 0.3 is 0 Å². The Hall–Kier alpha value is -3.08. The van der Waals surface area contributed by atoms with Crippen LogP contribution in [0.1, 0.15) is 40.5 Å². The molecule has 1 aliphatic carbocycles. The molecule has 1 N–H and O–H groups in total. The first kappa shape index (κ1) is 17.3. The van der Waals surface area contributed by atoms with E-state index >= 15 is 0 Å². The molecule has 0 unspecified atom stereocenters. The van der Waals surface area contributed by atoms with Gasteiger partial charge in [0.15, 0.2) is 0 Å². The summed E-state index contributed by atoms with van der Waals surface area (Å²) in [4.78, 5) is 26.1. The molecule has 4 rings (SSSR count). The summed E-state index contributed by atoms with van der Waals surface area (Å²) in [5.41, 5.74) is 3.15. The highest BCUT2D eigenvalue weighted by Gasteiger charge is 2.29. The van der Waals surface area contributed by atoms with Crippen molar-refractivity contribution in [1.82, 2.24) is 4.57 Å². The summed E-state index contributed by atoms with van der Waals surface area (Å²) in [6.45, 7) is 3.97. The van der Waals surface area contributed by atoms with Gasteiger partial charge in [0.05, 0.1) is 7.11 Å². The van der Waals surface area contributed by atoms with Crippen molar-refractivity contribution in [2.75, 3.05) is 12.4 Å². The van der Waals surface area contributed by atoms with Gasteiger partial charge in [-0.05, 0) is 68.0 Å². The van der Waals surface area contributed by atoms with Crippen molar-refractivity contribution in [2.45, 2.75) is 32.7 Å². The number of pyridine rings is 1. The van der Waals surface area contributed by atoms with Crippen LogP contribution >= 0.6 is 0 Å². The number of carbonyl (C=O) groups is 1. The van der Waals surface area contributed by atoms with Gasteiger partial charge in [-0.2, -0.15) is 0 Å². The molecule has 1 fully saturated rings. The standard InChI is InChI=1S/C22H22N2O3/c1-13-4-9-19(14(2)10-13)23-21(25)20-12-15-11-17(27-3)7-8-18(15)22(26)24(20)16-5-6-16/h4,7-12,16H,5-6H2,1-3H3,(H,23,25). The SMILES string of the molecule is COc1ccc2c(=O)n(C3CC3)c(C(=O)Nc3ccc(C)cc3C)cc2c1. The number of aromatic nitrogens is 1. The van der Waals surface area contributed by atoms with Crippen LogP contribution < -0.4 is 15.6 Å². The molecule has 1 amide bonds. The van der Waals surface area contributed by atoms with Crippen LogP contribution in [0, 0.1) is 13.8 Å². The monoisotopic (exact) mass is 362 g/mol. The lowest BCUT2D eigenvalue weighted by Crippen LogP contribution is -2.28. The highest BCUT2D eigenvalue weighted by atomic mass is 16.5. The van der Waals surface area contributed by atoms with Crippen LogP contribution in [0.5, 0.6) is 5.75 Å². The lowest BCUT2D eigenvalue weighted by molar-refractivity contribution is 0.101. The lowest BCUT2D eigenvalue weighted by atomic mass is 10.1. The Labute approximate surface area is 157 Å². The molecule has 138 valence electrons. The summed E-state index contributed by atoms with van der Waals surface area (Å²) in [6, 6.07) is 13.1.